The van der Waals surface area contributed by atoms with Crippen LogP contribution in [0.4, 0.5) is 4.79 Å². The van der Waals surface area contributed by atoms with E-state index >= 15 is 0 Å². The van der Waals surface area contributed by atoms with Crippen LogP contribution in [0.1, 0.15) is 25.8 Å². The number of rotatable bonds is 7. The van der Waals surface area contributed by atoms with Gasteiger partial charge in [0.2, 0.25) is 0 Å². The Kier molecular flexibility index (Phi) is 7.29. The van der Waals surface area contributed by atoms with Gasteiger partial charge in [0.25, 0.3) is 0 Å². The van der Waals surface area contributed by atoms with Crippen LogP contribution in [0.25, 0.3) is 0 Å². The van der Waals surface area contributed by atoms with Crippen LogP contribution in [0.15, 0.2) is 30.3 Å². The lowest BCUT2D eigenvalue weighted by Gasteiger charge is -2.18. The van der Waals surface area contributed by atoms with Crippen molar-refractivity contribution < 1.29 is 14.3 Å². The largest absolute Gasteiger partial charge is 0.467 e. The van der Waals surface area contributed by atoms with Crippen LogP contribution in [0.2, 0.25) is 0 Å². The predicted molar refractivity (Wildman–Crippen MR) is 81.9 cm³/mol. The van der Waals surface area contributed by atoms with Gasteiger partial charge in [-0.05, 0) is 24.3 Å². The summed E-state index contributed by atoms with van der Waals surface area (Å²) >= 11 is 0. The standard InChI is InChI=1S/C16H24N2O3/c1-12(2)11-14(15(19)21-3)18-16(20)17-10-9-13-7-5-4-6-8-13/h4-8,12,14H,9-11H2,1-3H3,(H2,17,18,20). The van der Waals surface area contributed by atoms with Gasteiger partial charge in [0, 0.05) is 6.54 Å². The summed E-state index contributed by atoms with van der Waals surface area (Å²) in [7, 11) is 1.32. The van der Waals surface area contributed by atoms with Gasteiger partial charge in [0.15, 0.2) is 0 Å². The molecule has 5 heteroatoms. The van der Waals surface area contributed by atoms with Gasteiger partial charge in [-0.25, -0.2) is 9.59 Å². The molecule has 0 aliphatic heterocycles. The average Bonchev–Trinajstić information content (AvgIpc) is 2.46. The molecular formula is C16H24N2O3. The molecule has 0 spiro atoms. The zero-order valence-corrected chi connectivity index (χ0v) is 12.9. The molecule has 0 fully saturated rings. The first-order valence-electron chi connectivity index (χ1n) is 7.19. The number of ether oxygens (including phenoxy) is 1. The molecule has 0 heterocycles. The molecular weight excluding hydrogens is 268 g/mol. The number of amides is 2. The molecule has 0 saturated carbocycles. The van der Waals surface area contributed by atoms with Crippen molar-refractivity contribution >= 4 is 12.0 Å². The Morgan fingerprint density at radius 2 is 1.86 bits per heavy atom. The van der Waals surface area contributed by atoms with Gasteiger partial charge >= 0.3 is 12.0 Å². The molecule has 116 valence electrons. The highest BCUT2D eigenvalue weighted by atomic mass is 16.5. The summed E-state index contributed by atoms with van der Waals surface area (Å²) < 4.78 is 4.71. The van der Waals surface area contributed by atoms with Crippen molar-refractivity contribution in [1.82, 2.24) is 10.6 Å². The summed E-state index contributed by atoms with van der Waals surface area (Å²) in [5, 5.41) is 5.42. The van der Waals surface area contributed by atoms with E-state index in [-0.39, 0.29) is 6.03 Å². The molecule has 0 aliphatic carbocycles. The van der Waals surface area contributed by atoms with Crippen LogP contribution in [-0.4, -0.2) is 31.7 Å². The third-order valence-corrected chi connectivity index (χ3v) is 3.04. The molecule has 2 N–H and O–H groups in total. The average molecular weight is 292 g/mol. The van der Waals surface area contributed by atoms with E-state index < -0.39 is 12.0 Å². The van der Waals surface area contributed by atoms with Gasteiger partial charge < -0.3 is 15.4 Å². The monoisotopic (exact) mass is 292 g/mol. The Morgan fingerprint density at radius 3 is 2.43 bits per heavy atom. The van der Waals surface area contributed by atoms with Crippen molar-refractivity contribution in [2.24, 2.45) is 5.92 Å². The van der Waals surface area contributed by atoms with E-state index in [1.165, 1.54) is 7.11 Å². The van der Waals surface area contributed by atoms with E-state index in [0.29, 0.717) is 18.9 Å². The second-order valence-electron chi connectivity index (χ2n) is 5.34. The maximum atomic E-state index is 11.8. The van der Waals surface area contributed by atoms with Gasteiger partial charge in [0.1, 0.15) is 6.04 Å². The van der Waals surface area contributed by atoms with E-state index in [4.69, 9.17) is 4.74 Å². The number of benzene rings is 1. The Hall–Kier alpha value is -2.04. The fourth-order valence-electron chi connectivity index (χ4n) is 2.00. The molecule has 1 rings (SSSR count). The quantitative estimate of drug-likeness (QED) is 0.756. The molecule has 0 saturated heterocycles. The fourth-order valence-corrected chi connectivity index (χ4v) is 2.00. The Bertz CT molecular complexity index is 446. The van der Waals surface area contributed by atoms with E-state index in [0.717, 1.165) is 12.0 Å². The van der Waals surface area contributed by atoms with Crippen molar-refractivity contribution in [3.05, 3.63) is 35.9 Å². The van der Waals surface area contributed by atoms with Crippen LogP contribution in [0.3, 0.4) is 0 Å². The number of hydrogen-bond acceptors (Lipinski definition) is 3. The molecule has 5 nitrogen and oxygen atoms in total. The van der Waals surface area contributed by atoms with E-state index in [9.17, 15) is 9.59 Å². The Labute approximate surface area is 126 Å². The molecule has 1 aromatic rings. The Morgan fingerprint density at radius 1 is 1.19 bits per heavy atom. The number of nitrogens with one attached hydrogen (secondary N) is 2. The maximum Gasteiger partial charge on any atom is 0.328 e. The third-order valence-electron chi connectivity index (χ3n) is 3.04. The molecule has 1 unspecified atom stereocenters. The third kappa shape index (κ3) is 6.79. The zero-order chi connectivity index (χ0) is 15.7. The normalized spacial score (nSPS) is 11.8. The zero-order valence-electron chi connectivity index (χ0n) is 12.9. The van der Waals surface area contributed by atoms with Crippen molar-refractivity contribution in [1.29, 1.82) is 0 Å². The minimum absolute atomic E-state index is 0.290. The molecule has 0 bridgehead atoms. The summed E-state index contributed by atoms with van der Waals surface area (Å²) in [6.07, 6.45) is 1.31. The number of carbonyl (C=O) groups is 2. The number of methoxy groups -OCH3 is 1. The number of urea groups is 1. The van der Waals surface area contributed by atoms with Crippen LogP contribution in [0, 0.1) is 5.92 Å². The lowest BCUT2D eigenvalue weighted by Crippen LogP contribution is -2.47. The second-order valence-corrected chi connectivity index (χ2v) is 5.34. The van der Waals surface area contributed by atoms with E-state index in [1.54, 1.807) is 0 Å². The van der Waals surface area contributed by atoms with E-state index in [1.807, 2.05) is 44.2 Å². The predicted octanol–water partition coefficient (Wildman–Crippen LogP) is 2.12. The summed E-state index contributed by atoms with van der Waals surface area (Å²) in [6.45, 7) is 4.50. The number of esters is 1. The highest BCUT2D eigenvalue weighted by Gasteiger charge is 2.22. The second kappa shape index (κ2) is 9.00. The molecule has 0 aromatic heterocycles. The summed E-state index contributed by atoms with van der Waals surface area (Å²) in [6, 6.07) is 8.95. The minimum Gasteiger partial charge on any atom is -0.467 e. The summed E-state index contributed by atoms with van der Waals surface area (Å²) in [5.41, 5.74) is 1.16. The van der Waals surface area contributed by atoms with Crippen molar-refractivity contribution in [2.75, 3.05) is 13.7 Å². The summed E-state index contributed by atoms with van der Waals surface area (Å²) in [4.78, 5) is 23.4. The number of hydrogen-bond donors (Lipinski definition) is 2. The van der Waals surface area contributed by atoms with E-state index in [2.05, 4.69) is 10.6 Å². The van der Waals surface area contributed by atoms with Gasteiger partial charge in [-0.1, -0.05) is 44.2 Å². The summed E-state index contributed by atoms with van der Waals surface area (Å²) in [5.74, 6) is -0.124. The van der Waals surface area contributed by atoms with Gasteiger partial charge in [-0.15, -0.1) is 0 Å². The SMILES string of the molecule is COC(=O)C(CC(C)C)NC(=O)NCCc1ccccc1. The van der Waals surface area contributed by atoms with Crippen LogP contribution >= 0.6 is 0 Å². The van der Waals surface area contributed by atoms with Crippen LogP contribution < -0.4 is 10.6 Å². The van der Waals surface area contributed by atoms with Crippen LogP contribution in [-0.2, 0) is 16.0 Å². The lowest BCUT2D eigenvalue weighted by atomic mass is 10.0. The maximum absolute atomic E-state index is 11.8. The first-order chi connectivity index (χ1) is 10.0. The molecule has 0 aliphatic rings. The van der Waals surface area contributed by atoms with Gasteiger partial charge in [-0.2, -0.15) is 0 Å². The molecule has 1 atom stereocenters. The highest BCUT2D eigenvalue weighted by molar-refractivity contribution is 5.83. The minimum atomic E-state index is -0.605. The first kappa shape index (κ1) is 17.0. The van der Waals surface area contributed by atoms with Crippen molar-refractivity contribution in [2.45, 2.75) is 32.7 Å². The van der Waals surface area contributed by atoms with Crippen molar-refractivity contribution in [3.8, 4) is 0 Å². The molecule has 1 aromatic carbocycles. The van der Waals surface area contributed by atoms with Gasteiger partial charge in [0.05, 0.1) is 7.11 Å². The van der Waals surface area contributed by atoms with Gasteiger partial charge in [-0.3, -0.25) is 0 Å². The molecule has 2 amide bonds. The van der Waals surface area contributed by atoms with Crippen molar-refractivity contribution in [3.63, 3.8) is 0 Å². The highest BCUT2D eigenvalue weighted by Crippen LogP contribution is 2.06. The topological polar surface area (TPSA) is 67.4 Å². The van der Waals surface area contributed by atoms with Crippen LogP contribution in [0.5, 0.6) is 0 Å². The fraction of sp³-hybridized carbons (Fsp3) is 0.500. The lowest BCUT2D eigenvalue weighted by molar-refractivity contribution is -0.143. The molecule has 21 heavy (non-hydrogen) atoms. The molecule has 0 radical (unpaired) electrons. The first-order valence-corrected chi connectivity index (χ1v) is 7.19. The number of carbonyl (C=O) groups excluding carboxylic acids is 2. The Balaban J connectivity index is 2.37. The smallest absolute Gasteiger partial charge is 0.328 e.